The molecule has 0 radical (unpaired) electrons. The maximum Gasteiger partial charge on any atom is 0.0804 e. The molecule has 5 aromatic rings. The molecule has 0 saturated heterocycles. The van der Waals surface area contributed by atoms with Crippen LogP contribution in [0.1, 0.15) is 191 Å². The van der Waals surface area contributed by atoms with Crippen molar-refractivity contribution in [1.82, 2.24) is 0 Å². The molecule has 0 amide bonds. The lowest BCUT2D eigenvalue weighted by molar-refractivity contribution is -0.0927. The molecule has 0 bridgehead atoms. The normalized spacial score (nSPS) is 15.2. The summed E-state index contributed by atoms with van der Waals surface area (Å²) in [4.78, 5) is 0. The molecule has 0 aromatic heterocycles. The smallest absolute Gasteiger partial charge is 0.0804 e. The molecule has 0 N–H and O–H groups in total. The van der Waals surface area contributed by atoms with Gasteiger partial charge in [0.2, 0.25) is 0 Å². The van der Waals surface area contributed by atoms with Gasteiger partial charge in [0.05, 0.1) is 23.4 Å². The van der Waals surface area contributed by atoms with Crippen LogP contribution in [0.3, 0.4) is 0 Å². The van der Waals surface area contributed by atoms with Crippen LogP contribution < -0.4 is 0 Å². The molecule has 0 heterocycles. The van der Waals surface area contributed by atoms with E-state index in [2.05, 4.69) is 290 Å². The summed E-state index contributed by atoms with van der Waals surface area (Å²) in [6.45, 7) is 43.9. The third kappa shape index (κ3) is 28.3. The molecular weight excluding hydrogens is 837 g/mol. The zero-order chi connectivity index (χ0) is 52.2. The van der Waals surface area contributed by atoms with E-state index in [1.54, 1.807) is 0 Å². The Kier molecular flexibility index (Phi) is 30.4. The first-order valence-corrected chi connectivity index (χ1v) is 26.6. The lowest BCUT2D eigenvalue weighted by atomic mass is 9.91. The topological polar surface area (TPSA) is 18.5 Å². The second kappa shape index (κ2) is 33.4. The fourth-order valence-corrected chi connectivity index (χ4v) is 7.26. The summed E-state index contributed by atoms with van der Waals surface area (Å²) < 4.78 is 11.8. The van der Waals surface area contributed by atoms with Gasteiger partial charge in [-0.2, -0.15) is 0 Å². The molecule has 69 heavy (non-hydrogen) atoms. The summed E-state index contributed by atoms with van der Waals surface area (Å²) in [5.41, 5.74) is 6.90. The van der Waals surface area contributed by atoms with Crippen LogP contribution in [0.15, 0.2) is 158 Å². The SMILES string of the molecule is CC(C)/C=C/c1ccccc1.CC(C)C(C)c1ccccc1.CC(C)C1CC1c1ccccc1.CC(C)Cc1ccccc1.CC(C)OC(C)(C)C(C)C.CC(OC(C)(C)C(C)C)c1ccccc1. The van der Waals surface area contributed by atoms with Crippen LogP contribution >= 0.6 is 0 Å². The number of benzene rings is 5. The predicted molar refractivity (Wildman–Crippen MR) is 307 cm³/mol. The van der Waals surface area contributed by atoms with Gasteiger partial charge in [-0.15, -0.1) is 0 Å². The maximum absolute atomic E-state index is 6.09. The molecule has 1 fully saturated rings. The average molecular weight is 940 g/mol. The van der Waals surface area contributed by atoms with Crippen molar-refractivity contribution in [3.63, 3.8) is 0 Å². The lowest BCUT2D eigenvalue weighted by Gasteiger charge is -2.33. The second-order valence-corrected chi connectivity index (χ2v) is 22.6. The standard InChI is InChI=1S/C14H22O.C12H16.C11H16.C11H14.C10H14.C9H20O/c1-11(2)14(4,5)15-12(3)13-9-7-6-8-10-13;1-9(2)11-8-12(11)10-6-4-3-5-7-10;1-9(2)10(3)11-7-5-4-6-8-11;1-10(2)8-9-11-6-4-3-5-7-11;1-9(2)8-10-6-4-3-5-7-10;1-7(2)9(5,6)10-8(3)4/h6-12H,1-5H3;3-7,9,11-12H,8H2,1-2H3;4-10H,1-3H3;3-10H,1-2H3;3-7,9H,8H2,1-2H3;7-8H,1-6H3/b;;;9-8+;;. The lowest BCUT2D eigenvalue weighted by Crippen LogP contribution is -2.33. The Morgan fingerprint density at radius 1 is 0.493 bits per heavy atom. The maximum atomic E-state index is 6.09. The van der Waals surface area contributed by atoms with Crippen molar-refractivity contribution in [1.29, 1.82) is 0 Å². The number of rotatable bonds is 15. The van der Waals surface area contributed by atoms with Crippen molar-refractivity contribution < 1.29 is 9.47 Å². The molecule has 1 aliphatic carbocycles. The van der Waals surface area contributed by atoms with E-state index in [0.717, 1.165) is 29.6 Å². The van der Waals surface area contributed by atoms with E-state index in [0.29, 0.717) is 29.8 Å². The molecule has 4 atom stereocenters. The van der Waals surface area contributed by atoms with Crippen molar-refractivity contribution in [3.8, 4) is 0 Å². The van der Waals surface area contributed by atoms with Gasteiger partial charge >= 0.3 is 0 Å². The van der Waals surface area contributed by atoms with Gasteiger partial charge in [0, 0.05) is 0 Å². The number of allylic oxidation sites excluding steroid dienone is 1. The van der Waals surface area contributed by atoms with Gasteiger partial charge in [0.15, 0.2) is 0 Å². The zero-order valence-electron chi connectivity index (χ0n) is 47.7. The molecule has 2 nitrogen and oxygen atoms in total. The van der Waals surface area contributed by atoms with Gasteiger partial charge in [-0.25, -0.2) is 0 Å². The third-order valence-corrected chi connectivity index (χ3v) is 13.3. The highest BCUT2D eigenvalue weighted by Crippen LogP contribution is 2.51. The predicted octanol–water partition coefficient (Wildman–Crippen LogP) is 20.2. The summed E-state index contributed by atoms with van der Waals surface area (Å²) in [6, 6.07) is 52.9. The van der Waals surface area contributed by atoms with Crippen molar-refractivity contribution in [2.24, 2.45) is 41.4 Å². The molecule has 0 spiro atoms. The summed E-state index contributed by atoms with van der Waals surface area (Å²) >= 11 is 0. The van der Waals surface area contributed by atoms with E-state index in [1.165, 1.54) is 40.7 Å². The Hall–Kier alpha value is -4.24. The van der Waals surface area contributed by atoms with Crippen LogP contribution in [0, 0.1) is 41.4 Å². The molecule has 5 aromatic carbocycles. The molecule has 1 aliphatic rings. The first-order valence-electron chi connectivity index (χ1n) is 26.6. The molecule has 0 aliphatic heterocycles. The fraction of sp³-hybridized carbons (Fsp3) is 0.522. The average Bonchev–Trinajstić information content (AvgIpc) is 4.12. The van der Waals surface area contributed by atoms with Crippen molar-refractivity contribution in [3.05, 3.63) is 186 Å². The van der Waals surface area contributed by atoms with Gasteiger partial charge in [-0.3, -0.25) is 0 Å². The Bertz CT molecular complexity index is 1970. The van der Waals surface area contributed by atoms with Gasteiger partial charge < -0.3 is 9.47 Å². The highest BCUT2D eigenvalue weighted by atomic mass is 16.5. The highest BCUT2D eigenvalue weighted by molar-refractivity contribution is 5.48. The van der Waals surface area contributed by atoms with Crippen LogP contribution in [0.2, 0.25) is 0 Å². The minimum atomic E-state index is -0.0741. The van der Waals surface area contributed by atoms with E-state index < -0.39 is 0 Å². The largest absolute Gasteiger partial charge is 0.373 e. The van der Waals surface area contributed by atoms with Crippen molar-refractivity contribution >= 4 is 6.08 Å². The molecular formula is C67H102O2. The quantitative estimate of drug-likeness (QED) is 0.104. The Morgan fingerprint density at radius 2 is 0.899 bits per heavy atom. The summed E-state index contributed by atoms with van der Waals surface area (Å²) in [6.07, 6.45) is 7.45. The highest BCUT2D eigenvalue weighted by Gasteiger charge is 2.39. The van der Waals surface area contributed by atoms with Crippen LogP contribution in [0.5, 0.6) is 0 Å². The number of hydrogen-bond donors (Lipinski definition) is 0. The van der Waals surface area contributed by atoms with E-state index in [4.69, 9.17) is 9.47 Å². The summed E-state index contributed by atoms with van der Waals surface area (Å²) in [5.74, 6) is 6.58. The van der Waals surface area contributed by atoms with Crippen LogP contribution in [-0.2, 0) is 15.9 Å². The minimum absolute atomic E-state index is 0.0220. The first kappa shape index (κ1) is 62.8. The van der Waals surface area contributed by atoms with Crippen LogP contribution in [0.4, 0.5) is 0 Å². The second-order valence-electron chi connectivity index (χ2n) is 22.6. The summed E-state index contributed by atoms with van der Waals surface area (Å²) in [5, 5.41) is 0. The van der Waals surface area contributed by atoms with E-state index in [9.17, 15) is 0 Å². The van der Waals surface area contributed by atoms with Crippen LogP contribution in [-0.4, -0.2) is 17.3 Å². The molecule has 1 saturated carbocycles. The van der Waals surface area contributed by atoms with Crippen molar-refractivity contribution in [2.45, 2.75) is 187 Å². The number of hydrogen-bond acceptors (Lipinski definition) is 2. The fourth-order valence-electron chi connectivity index (χ4n) is 7.26. The van der Waals surface area contributed by atoms with Gasteiger partial charge in [-0.05, 0) is 142 Å². The van der Waals surface area contributed by atoms with Gasteiger partial charge in [-0.1, -0.05) is 254 Å². The van der Waals surface area contributed by atoms with Crippen LogP contribution in [0.25, 0.3) is 6.08 Å². The van der Waals surface area contributed by atoms with E-state index in [1.807, 2.05) is 12.1 Å². The minimum Gasteiger partial charge on any atom is -0.373 e. The summed E-state index contributed by atoms with van der Waals surface area (Å²) in [7, 11) is 0. The Morgan fingerprint density at radius 3 is 1.26 bits per heavy atom. The van der Waals surface area contributed by atoms with Gasteiger partial charge in [0.25, 0.3) is 0 Å². The monoisotopic (exact) mass is 939 g/mol. The number of ether oxygens (including phenoxy) is 2. The van der Waals surface area contributed by atoms with Crippen molar-refractivity contribution in [2.75, 3.05) is 0 Å². The molecule has 4 unspecified atom stereocenters. The first-order chi connectivity index (χ1) is 32.4. The third-order valence-electron chi connectivity index (χ3n) is 13.3. The molecule has 382 valence electrons. The Balaban J connectivity index is 0.000000416. The van der Waals surface area contributed by atoms with E-state index >= 15 is 0 Å². The Labute approximate surface area is 427 Å². The van der Waals surface area contributed by atoms with Gasteiger partial charge in [0.1, 0.15) is 0 Å². The molecule has 6 rings (SSSR count). The zero-order valence-corrected chi connectivity index (χ0v) is 47.7. The van der Waals surface area contributed by atoms with E-state index in [-0.39, 0.29) is 17.3 Å². The molecule has 2 heteroatoms.